The number of aromatic nitrogens is 2. The van der Waals surface area contributed by atoms with E-state index in [1.165, 1.54) is 6.07 Å². The molecule has 5 rings (SSSR count). The molecule has 0 saturated carbocycles. The number of hydrogen-bond acceptors (Lipinski definition) is 2. The molecule has 2 aromatic carbocycles. The molecular weight excluding hydrogens is 443 g/mol. The van der Waals surface area contributed by atoms with Gasteiger partial charge in [0.2, 0.25) is 0 Å². The van der Waals surface area contributed by atoms with Gasteiger partial charge in [-0.3, -0.25) is 4.98 Å². The first-order valence-electron chi connectivity index (χ1n) is 10.2. The van der Waals surface area contributed by atoms with E-state index in [0.717, 1.165) is 22.8 Å². The van der Waals surface area contributed by atoms with E-state index in [0.29, 0.717) is 15.7 Å². The van der Waals surface area contributed by atoms with Crippen LogP contribution in [0, 0.1) is 12.7 Å². The van der Waals surface area contributed by atoms with Gasteiger partial charge in [0.25, 0.3) is 0 Å². The number of thiocarbonyl (C=S) groups is 1. The molecule has 7 heteroatoms. The molecule has 32 heavy (non-hydrogen) atoms. The predicted octanol–water partition coefficient (Wildman–Crippen LogP) is 6.15. The number of nitrogens with zero attached hydrogens (tertiary/aromatic N) is 3. The van der Waals surface area contributed by atoms with E-state index < -0.39 is 0 Å². The standard InChI is InChI=1S/C25H20ClFN4S/c1-16-14-19(10-11-20(16)27)31-24(23(29-25(31)32)21-8-2-3-12-28-21)22-9-5-13-30(22)18-7-4-6-17(26)15-18/h2-15,23-24H,1H3,(H,29,32)/t23-,24-/m1/s1. The van der Waals surface area contributed by atoms with Crippen molar-refractivity contribution < 1.29 is 4.39 Å². The van der Waals surface area contributed by atoms with E-state index in [2.05, 4.69) is 20.9 Å². The van der Waals surface area contributed by atoms with Crippen LogP contribution in [0.25, 0.3) is 5.69 Å². The summed E-state index contributed by atoms with van der Waals surface area (Å²) < 4.78 is 16.1. The SMILES string of the molecule is Cc1cc(N2C(=S)N[C@H](c3ccccn3)[C@H]2c2cccn2-c2cccc(Cl)c2)ccc1F. The zero-order valence-electron chi connectivity index (χ0n) is 17.2. The van der Waals surface area contributed by atoms with Crippen molar-refractivity contribution in [3.05, 3.63) is 113 Å². The molecule has 1 saturated heterocycles. The number of hydrogen-bond donors (Lipinski definition) is 1. The summed E-state index contributed by atoms with van der Waals surface area (Å²) in [5.74, 6) is -0.244. The van der Waals surface area contributed by atoms with Crippen LogP contribution in [0.1, 0.15) is 29.0 Å². The van der Waals surface area contributed by atoms with E-state index >= 15 is 0 Å². The average Bonchev–Trinajstić information content (AvgIpc) is 3.40. The molecule has 0 aliphatic carbocycles. The molecule has 1 aliphatic heterocycles. The molecule has 2 aromatic heterocycles. The smallest absolute Gasteiger partial charge is 0.174 e. The van der Waals surface area contributed by atoms with Gasteiger partial charge in [0.1, 0.15) is 11.9 Å². The molecule has 0 bridgehead atoms. The fourth-order valence-corrected chi connectivity index (χ4v) is 4.74. The van der Waals surface area contributed by atoms with Crippen molar-refractivity contribution in [2.24, 2.45) is 0 Å². The van der Waals surface area contributed by atoms with Crippen molar-refractivity contribution in [3.8, 4) is 5.69 Å². The Morgan fingerprint density at radius 1 is 1.00 bits per heavy atom. The Labute approximate surface area is 196 Å². The third-order valence-electron chi connectivity index (χ3n) is 5.69. The van der Waals surface area contributed by atoms with Crippen LogP contribution in [-0.4, -0.2) is 14.7 Å². The molecule has 160 valence electrons. The molecule has 4 aromatic rings. The second-order valence-electron chi connectivity index (χ2n) is 7.71. The number of nitrogens with one attached hydrogen (secondary N) is 1. The molecule has 3 heterocycles. The zero-order chi connectivity index (χ0) is 22.2. The fourth-order valence-electron chi connectivity index (χ4n) is 4.21. The molecule has 1 aliphatic rings. The lowest BCUT2D eigenvalue weighted by Gasteiger charge is -2.29. The summed E-state index contributed by atoms with van der Waals surface area (Å²) in [4.78, 5) is 6.63. The topological polar surface area (TPSA) is 33.1 Å². The van der Waals surface area contributed by atoms with Crippen LogP contribution in [0.5, 0.6) is 0 Å². The highest BCUT2D eigenvalue weighted by Gasteiger charge is 2.42. The van der Waals surface area contributed by atoms with E-state index in [4.69, 9.17) is 23.8 Å². The number of aryl methyl sites for hydroxylation is 1. The predicted molar refractivity (Wildman–Crippen MR) is 130 cm³/mol. The van der Waals surface area contributed by atoms with Gasteiger partial charge in [-0.25, -0.2) is 4.39 Å². The lowest BCUT2D eigenvalue weighted by atomic mass is 10.0. The third kappa shape index (κ3) is 3.66. The molecule has 1 N–H and O–H groups in total. The molecule has 0 unspecified atom stereocenters. The second kappa shape index (κ2) is 8.37. The van der Waals surface area contributed by atoms with Crippen molar-refractivity contribution in [3.63, 3.8) is 0 Å². The number of benzene rings is 2. The van der Waals surface area contributed by atoms with Crippen molar-refractivity contribution in [2.45, 2.75) is 19.0 Å². The van der Waals surface area contributed by atoms with Gasteiger partial charge in [0.05, 0.1) is 11.7 Å². The van der Waals surface area contributed by atoms with E-state index in [-0.39, 0.29) is 17.9 Å². The van der Waals surface area contributed by atoms with Gasteiger partial charge >= 0.3 is 0 Å². The van der Waals surface area contributed by atoms with Crippen LogP contribution in [0.15, 0.2) is 85.2 Å². The van der Waals surface area contributed by atoms with Crippen LogP contribution in [0.2, 0.25) is 5.02 Å². The maximum Gasteiger partial charge on any atom is 0.174 e. The van der Waals surface area contributed by atoms with Crippen LogP contribution >= 0.6 is 23.8 Å². The van der Waals surface area contributed by atoms with E-state index in [1.807, 2.05) is 65.7 Å². The normalized spacial score (nSPS) is 18.1. The summed E-state index contributed by atoms with van der Waals surface area (Å²) >= 11 is 12.0. The summed E-state index contributed by atoms with van der Waals surface area (Å²) in [7, 11) is 0. The molecular formula is C25H20ClFN4S. The highest BCUT2D eigenvalue weighted by molar-refractivity contribution is 7.80. The zero-order valence-corrected chi connectivity index (χ0v) is 18.8. The maximum absolute atomic E-state index is 14.0. The molecule has 2 atom stereocenters. The number of halogens is 2. The number of anilines is 1. The minimum atomic E-state index is -0.244. The van der Waals surface area contributed by atoms with Gasteiger partial charge < -0.3 is 14.8 Å². The second-order valence-corrected chi connectivity index (χ2v) is 8.54. The largest absolute Gasteiger partial charge is 0.351 e. The third-order valence-corrected chi connectivity index (χ3v) is 6.24. The Hall–Kier alpha value is -3.22. The quantitative estimate of drug-likeness (QED) is 0.369. The summed E-state index contributed by atoms with van der Waals surface area (Å²) in [6.07, 6.45) is 3.78. The Kier molecular flexibility index (Phi) is 5.41. The Morgan fingerprint density at radius 3 is 2.62 bits per heavy atom. The lowest BCUT2D eigenvalue weighted by molar-refractivity contribution is 0.549. The number of rotatable bonds is 4. The van der Waals surface area contributed by atoms with Crippen LogP contribution in [0.4, 0.5) is 10.1 Å². The van der Waals surface area contributed by atoms with Crippen molar-refractivity contribution >= 4 is 34.6 Å². The van der Waals surface area contributed by atoms with E-state index in [1.54, 1.807) is 19.2 Å². The highest BCUT2D eigenvalue weighted by Crippen LogP contribution is 2.42. The van der Waals surface area contributed by atoms with Crippen molar-refractivity contribution in [1.29, 1.82) is 0 Å². The summed E-state index contributed by atoms with van der Waals surface area (Å²) in [5, 5.41) is 4.67. The fraction of sp³-hybridized carbons (Fsp3) is 0.120. The molecule has 0 radical (unpaired) electrons. The monoisotopic (exact) mass is 462 g/mol. The summed E-state index contributed by atoms with van der Waals surface area (Å²) in [6.45, 7) is 1.76. The van der Waals surface area contributed by atoms with Gasteiger partial charge in [-0.05, 0) is 85.4 Å². The minimum Gasteiger partial charge on any atom is -0.351 e. The van der Waals surface area contributed by atoms with Gasteiger partial charge in [0.15, 0.2) is 5.11 Å². The Bertz CT molecular complexity index is 1290. The van der Waals surface area contributed by atoms with Gasteiger partial charge in [-0.15, -0.1) is 0 Å². The molecule has 0 amide bonds. The molecule has 4 nitrogen and oxygen atoms in total. The first kappa shape index (κ1) is 20.7. The van der Waals surface area contributed by atoms with Gasteiger partial charge in [-0.2, -0.15) is 0 Å². The van der Waals surface area contributed by atoms with Crippen molar-refractivity contribution in [2.75, 3.05) is 4.90 Å². The Balaban J connectivity index is 1.68. The minimum absolute atomic E-state index is 0.193. The first-order chi connectivity index (χ1) is 15.5. The van der Waals surface area contributed by atoms with Gasteiger partial charge in [-0.1, -0.05) is 23.7 Å². The maximum atomic E-state index is 14.0. The summed E-state index contributed by atoms with van der Waals surface area (Å²) in [6, 6.07) is 22.3. The molecule has 0 spiro atoms. The summed E-state index contributed by atoms with van der Waals surface area (Å²) in [5.41, 5.74) is 4.22. The van der Waals surface area contributed by atoms with E-state index in [9.17, 15) is 4.39 Å². The first-order valence-corrected chi connectivity index (χ1v) is 11.0. The highest BCUT2D eigenvalue weighted by atomic mass is 35.5. The van der Waals surface area contributed by atoms with Gasteiger partial charge in [0, 0.05) is 34.5 Å². The van der Waals surface area contributed by atoms with Crippen LogP contribution in [0.3, 0.4) is 0 Å². The van der Waals surface area contributed by atoms with Crippen molar-refractivity contribution in [1.82, 2.24) is 14.9 Å². The lowest BCUT2D eigenvalue weighted by Crippen LogP contribution is -2.30. The Morgan fingerprint density at radius 2 is 1.88 bits per heavy atom. The average molecular weight is 463 g/mol. The van der Waals surface area contributed by atoms with Crippen LogP contribution < -0.4 is 10.2 Å². The number of pyridine rings is 1. The van der Waals surface area contributed by atoms with Crippen LogP contribution in [-0.2, 0) is 0 Å². The molecule has 1 fully saturated rings.